The monoisotopic (exact) mass is 221 g/mol. The summed E-state index contributed by atoms with van der Waals surface area (Å²) in [6.07, 6.45) is 0.143. The standard InChI is InChI=1S/C12H15NO3/c1-3-10(14)8-5-6-9-11(7-8)16-12(15)13(9)4-2/h5-7,10,14H,3-4H2,1-2H3/t10-/m0/s1. The molecule has 1 aromatic heterocycles. The second-order valence-corrected chi connectivity index (χ2v) is 3.76. The van der Waals surface area contributed by atoms with Crippen molar-refractivity contribution in [1.29, 1.82) is 0 Å². The number of hydrogen-bond donors (Lipinski definition) is 1. The quantitative estimate of drug-likeness (QED) is 0.863. The average molecular weight is 221 g/mol. The van der Waals surface area contributed by atoms with Crippen molar-refractivity contribution in [2.24, 2.45) is 0 Å². The van der Waals surface area contributed by atoms with E-state index in [1.54, 1.807) is 10.6 Å². The van der Waals surface area contributed by atoms with Crippen molar-refractivity contribution in [3.05, 3.63) is 34.3 Å². The van der Waals surface area contributed by atoms with Gasteiger partial charge in [-0.05, 0) is 31.0 Å². The summed E-state index contributed by atoms with van der Waals surface area (Å²) in [5.74, 6) is -0.347. The van der Waals surface area contributed by atoms with Crippen molar-refractivity contribution in [2.75, 3.05) is 0 Å². The summed E-state index contributed by atoms with van der Waals surface area (Å²) in [6.45, 7) is 4.38. The molecule has 0 saturated heterocycles. The van der Waals surface area contributed by atoms with Gasteiger partial charge < -0.3 is 9.52 Å². The van der Waals surface area contributed by atoms with Crippen molar-refractivity contribution in [2.45, 2.75) is 32.9 Å². The van der Waals surface area contributed by atoms with Crippen LogP contribution in [0.15, 0.2) is 27.4 Å². The van der Waals surface area contributed by atoms with Crippen LogP contribution < -0.4 is 5.76 Å². The second kappa shape index (κ2) is 4.14. The Labute approximate surface area is 93.1 Å². The third kappa shape index (κ3) is 1.65. The largest absolute Gasteiger partial charge is 0.419 e. The highest BCUT2D eigenvalue weighted by molar-refractivity contribution is 5.73. The first-order chi connectivity index (χ1) is 7.67. The van der Waals surface area contributed by atoms with E-state index in [9.17, 15) is 9.90 Å². The summed E-state index contributed by atoms with van der Waals surface area (Å²) in [5.41, 5.74) is 2.10. The molecule has 0 unspecified atom stereocenters. The number of rotatable bonds is 3. The van der Waals surface area contributed by atoms with E-state index in [0.717, 1.165) is 11.1 Å². The molecule has 0 aliphatic rings. The second-order valence-electron chi connectivity index (χ2n) is 3.76. The fourth-order valence-corrected chi connectivity index (χ4v) is 1.83. The summed E-state index contributed by atoms with van der Waals surface area (Å²) in [7, 11) is 0. The Morgan fingerprint density at radius 2 is 2.19 bits per heavy atom. The van der Waals surface area contributed by atoms with Gasteiger partial charge in [-0.3, -0.25) is 4.57 Å². The molecular formula is C12H15NO3. The molecule has 0 aliphatic carbocycles. The molecule has 2 aromatic rings. The SMILES string of the molecule is CC[C@H](O)c1ccc2c(c1)oc(=O)n2CC. The fourth-order valence-electron chi connectivity index (χ4n) is 1.83. The maximum absolute atomic E-state index is 11.5. The normalized spacial score (nSPS) is 13.2. The van der Waals surface area contributed by atoms with Gasteiger partial charge in [0, 0.05) is 6.54 Å². The van der Waals surface area contributed by atoms with Gasteiger partial charge in [0.2, 0.25) is 0 Å². The van der Waals surface area contributed by atoms with Crippen LogP contribution >= 0.6 is 0 Å². The molecule has 4 nitrogen and oxygen atoms in total. The Hall–Kier alpha value is -1.55. The molecule has 86 valence electrons. The Bertz CT molecular complexity index is 553. The van der Waals surface area contributed by atoms with E-state index in [1.807, 2.05) is 26.0 Å². The van der Waals surface area contributed by atoms with E-state index in [1.165, 1.54) is 0 Å². The molecule has 0 amide bonds. The first-order valence-corrected chi connectivity index (χ1v) is 5.48. The molecule has 1 atom stereocenters. The predicted octanol–water partition coefficient (Wildman–Crippen LogP) is 2.06. The van der Waals surface area contributed by atoms with Crippen LogP contribution in [-0.2, 0) is 6.54 Å². The van der Waals surface area contributed by atoms with E-state index < -0.39 is 6.10 Å². The van der Waals surface area contributed by atoms with Crippen LogP contribution in [0.25, 0.3) is 11.1 Å². The maximum atomic E-state index is 11.5. The lowest BCUT2D eigenvalue weighted by atomic mass is 10.1. The molecule has 0 aliphatic heterocycles. The van der Waals surface area contributed by atoms with Gasteiger partial charge >= 0.3 is 5.76 Å². The van der Waals surface area contributed by atoms with Gasteiger partial charge in [-0.15, -0.1) is 0 Å². The molecule has 0 radical (unpaired) electrons. The molecule has 1 N–H and O–H groups in total. The lowest BCUT2D eigenvalue weighted by Gasteiger charge is -2.07. The maximum Gasteiger partial charge on any atom is 0.419 e. The van der Waals surface area contributed by atoms with Gasteiger partial charge in [-0.1, -0.05) is 13.0 Å². The summed E-state index contributed by atoms with van der Waals surface area (Å²) in [6, 6.07) is 5.38. The van der Waals surface area contributed by atoms with Crippen LogP contribution in [-0.4, -0.2) is 9.67 Å². The number of aromatic nitrogens is 1. The summed E-state index contributed by atoms with van der Waals surface area (Å²) < 4.78 is 6.69. The zero-order valence-electron chi connectivity index (χ0n) is 9.43. The molecule has 0 fully saturated rings. The molecule has 4 heteroatoms. The zero-order chi connectivity index (χ0) is 11.7. The van der Waals surface area contributed by atoms with Crippen LogP contribution in [0, 0.1) is 0 Å². The number of fused-ring (bicyclic) bond motifs is 1. The van der Waals surface area contributed by atoms with Crippen molar-refractivity contribution in [1.82, 2.24) is 4.57 Å². The number of aliphatic hydroxyl groups is 1. The van der Waals surface area contributed by atoms with E-state index >= 15 is 0 Å². The fraction of sp³-hybridized carbons (Fsp3) is 0.417. The average Bonchev–Trinajstić information content (AvgIpc) is 2.62. The van der Waals surface area contributed by atoms with Gasteiger partial charge in [-0.25, -0.2) is 4.79 Å². The third-order valence-electron chi connectivity index (χ3n) is 2.78. The molecule has 0 spiro atoms. The minimum Gasteiger partial charge on any atom is -0.408 e. The van der Waals surface area contributed by atoms with Crippen LogP contribution in [0.2, 0.25) is 0 Å². The van der Waals surface area contributed by atoms with E-state index in [4.69, 9.17) is 4.42 Å². The smallest absolute Gasteiger partial charge is 0.408 e. The van der Waals surface area contributed by atoms with Gasteiger partial charge in [-0.2, -0.15) is 0 Å². The first-order valence-electron chi connectivity index (χ1n) is 5.48. The summed E-state index contributed by atoms with van der Waals surface area (Å²) in [5, 5.41) is 9.70. The summed E-state index contributed by atoms with van der Waals surface area (Å²) in [4.78, 5) is 11.5. The van der Waals surface area contributed by atoms with E-state index in [-0.39, 0.29) is 5.76 Å². The Kier molecular flexibility index (Phi) is 2.83. The molecule has 16 heavy (non-hydrogen) atoms. The first kappa shape index (κ1) is 11.0. The van der Waals surface area contributed by atoms with Crippen LogP contribution in [0.1, 0.15) is 31.9 Å². The van der Waals surface area contributed by atoms with Gasteiger partial charge in [0.05, 0.1) is 11.6 Å². The van der Waals surface area contributed by atoms with Crippen LogP contribution in [0.3, 0.4) is 0 Å². The third-order valence-corrected chi connectivity index (χ3v) is 2.78. The number of benzene rings is 1. The topological polar surface area (TPSA) is 55.4 Å². The van der Waals surface area contributed by atoms with E-state index in [0.29, 0.717) is 18.5 Å². The highest BCUT2D eigenvalue weighted by Crippen LogP contribution is 2.21. The Morgan fingerprint density at radius 3 is 2.81 bits per heavy atom. The summed E-state index contributed by atoms with van der Waals surface area (Å²) >= 11 is 0. The van der Waals surface area contributed by atoms with Gasteiger partial charge in [0.15, 0.2) is 5.58 Å². The lowest BCUT2D eigenvalue weighted by molar-refractivity contribution is 0.173. The molecule has 0 saturated carbocycles. The number of nitrogens with zero attached hydrogens (tertiary/aromatic N) is 1. The molecule has 0 bridgehead atoms. The van der Waals surface area contributed by atoms with E-state index in [2.05, 4.69) is 0 Å². The minimum absolute atomic E-state index is 0.347. The van der Waals surface area contributed by atoms with Crippen molar-refractivity contribution < 1.29 is 9.52 Å². The molecule has 1 heterocycles. The molecule has 2 rings (SSSR count). The molecular weight excluding hydrogens is 206 g/mol. The number of oxazole rings is 1. The number of aryl methyl sites for hydroxylation is 1. The van der Waals surface area contributed by atoms with Crippen LogP contribution in [0.4, 0.5) is 0 Å². The Balaban J connectivity index is 2.60. The number of aliphatic hydroxyl groups excluding tert-OH is 1. The van der Waals surface area contributed by atoms with Gasteiger partial charge in [0.1, 0.15) is 0 Å². The Morgan fingerprint density at radius 1 is 1.44 bits per heavy atom. The zero-order valence-corrected chi connectivity index (χ0v) is 9.43. The number of hydrogen-bond acceptors (Lipinski definition) is 3. The minimum atomic E-state index is -0.500. The highest BCUT2D eigenvalue weighted by atomic mass is 16.4. The lowest BCUT2D eigenvalue weighted by Crippen LogP contribution is -2.11. The van der Waals surface area contributed by atoms with Crippen molar-refractivity contribution in [3.8, 4) is 0 Å². The predicted molar refractivity (Wildman–Crippen MR) is 61.4 cm³/mol. The van der Waals surface area contributed by atoms with Crippen LogP contribution in [0.5, 0.6) is 0 Å². The highest BCUT2D eigenvalue weighted by Gasteiger charge is 2.11. The molecule has 1 aromatic carbocycles. The van der Waals surface area contributed by atoms with Crippen molar-refractivity contribution in [3.63, 3.8) is 0 Å². The van der Waals surface area contributed by atoms with Crippen molar-refractivity contribution >= 4 is 11.1 Å². The van der Waals surface area contributed by atoms with Gasteiger partial charge in [0.25, 0.3) is 0 Å².